The predicted molar refractivity (Wildman–Crippen MR) is 113 cm³/mol. The molecule has 1 heterocycles. The molecule has 2 N–H and O–H groups in total. The van der Waals surface area contributed by atoms with Crippen molar-refractivity contribution in [1.82, 2.24) is 15.5 Å². The van der Waals surface area contributed by atoms with E-state index in [1.165, 1.54) is 0 Å². The lowest BCUT2D eigenvalue weighted by Gasteiger charge is -2.37. The molecule has 1 aromatic rings. The van der Waals surface area contributed by atoms with Crippen LogP contribution in [0.3, 0.4) is 0 Å². The summed E-state index contributed by atoms with van der Waals surface area (Å²) in [5, 5.41) is 6.86. The van der Waals surface area contributed by atoms with Gasteiger partial charge in [0.1, 0.15) is 11.5 Å². The van der Waals surface area contributed by atoms with Crippen molar-refractivity contribution in [3.05, 3.63) is 23.8 Å². The topological polar surface area (TPSA) is 67.4 Å². The number of hydrogen-bond acceptors (Lipinski definition) is 5. The smallest absolute Gasteiger partial charge is 0.191 e. The summed E-state index contributed by atoms with van der Waals surface area (Å²) in [4.78, 5) is 7.27. The van der Waals surface area contributed by atoms with Crippen LogP contribution in [0.2, 0.25) is 0 Å². The van der Waals surface area contributed by atoms with Crippen molar-refractivity contribution in [1.29, 1.82) is 0 Å². The number of morpholine rings is 1. The third-order valence-corrected chi connectivity index (χ3v) is 5.01. The molecule has 0 aromatic heterocycles. The molecule has 1 aromatic carbocycles. The van der Waals surface area contributed by atoms with Crippen LogP contribution in [0.4, 0.5) is 0 Å². The highest BCUT2D eigenvalue weighted by atomic mass is 16.5. The maximum Gasteiger partial charge on any atom is 0.191 e. The Balaban J connectivity index is 2.03. The molecule has 2 rings (SSSR count). The van der Waals surface area contributed by atoms with Gasteiger partial charge < -0.3 is 24.8 Å². The number of ether oxygens (including phenoxy) is 3. The summed E-state index contributed by atoms with van der Waals surface area (Å²) in [6, 6.07) is 6.26. The van der Waals surface area contributed by atoms with E-state index in [2.05, 4.69) is 36.3 Å². The van der Waals surface area contributed by atoms with E-state index in [0.717, 1.165) is 62.4 Å². The van der Waals surface area contributed by atoms with Gasteiger partial charge in [-0.15, -0.1) is 0 Å². The van der Waals surface area contributed by atoms with Gasteiger partial charge in [0, 0.05) is 43.9 Å². The molecule has 1 saturated heterocycles. The van der Waals surface area contributed by atoms with Gasteiger partial charge in [-0.25, -0.2) is 4.99 Å². The van der Waals surface area contributed by atoms with E-state index in [0.29, 0.717) is 18.5 Å². The minimum absolute atomic E-state index is 0.447. The Morgan fingerprint density at radius 1 is 1.18 bits per heavy atom. The molecule has 0 aliphatic carbocycles. The number of nitrogens with one attached hydrogen (secondary N) is 2. The fourth-order valence-corrected chi connectivity index (χ4v) is 3.39. The molecule has 0 saturated carbocycles. The van der Waals surface area contributed by atoms with Crippen molar-refractivity contribution < 1.29 is 14.2 Å². The summed E-state index contributed by atoms with van der Waals surface area (Å²) in [6.07, 6.45) is 0. The molecule has 7 heteroatoms. The Hall–Kier alpha value is -1.99. The molecule has 1 aliphatic rings. The Morgan fingerprint density at radius 3 is 2.54 bits per heavy atom. The van der Waals surface area contributed by atoms with Crippen molar-refractivity contribution in [3.8, 4) is 11.5 Å². The first kappa shape index (κ1) is 22.3. The summed E-state index contributed by atoms with van der Waals surface area (Å²) < 4.78 is 16.2. The van der Waals surface area contributed by atoms with Crippen LogP contribution < -0.4 is 20.1 Å². The van der Waals surface area contributed by atoms with E-state index in [9.17, 15) is 0 Å². The van der Waals surface area contributed by atoms with Gasteiger partial charge in [0.05, 0.1) is 34.0 Å². The molecule has 0 bridgehead atoms. The van der Waals surface area contributed by atoms with Crippen molar-refractivity contribution in [2.24, 2.45) is 10.9 Å². The summed E-state index contributed by atoms with van der Waals surface area (Å²) >= 11 is 0. The maximum atomic E-state index is 5.50. The van der Waals surface area contributed by atoms with Crippen LogP contribution in [0.1, 0.15) is 26.3 Å². The summed E-state index contributed by atoms with van der Waals surface area (Å²) in [5.41, 5.74) is 1.02. The highest BCUT2D eigenvalue weighted by Crippen LogP contribution is 2.25. The van der Waals surface area contributed by atoms with Gasteiger partial charge in [-0.2, -0.15) is 0 Å². The first-order valence-electron chi connectivity index (χ1n) is 10.1. The third kappa shape index (κ3) is 6.56. The average Bonchev–Trinajstić information content (AvgIpc) is 2.72. The van der Waals surface area contributed by atoms with E-state index < -0.39 is 0 Å². The van der Waals surface area contributed by atoms with Gasteiger partial charge >= 0.3 is 0 Å². The molecule has 0 amide bonds. The molecule has 0 radical (unpaired) electrons. The third-order valence-electron chi connectivity index (χ3n) is 5.01. The highest BCUT2D eigenvalue weighted by Gasteiger charge is 2.23. The van der Waals surface area contributed by atoms with Crippen molar-refractivity contribution in [2.45, 2.75) is 33.4 Å². The molecule has 1 aliphatic heterocycles. The van der Waals surface area contributed by atoms with Gasteiger partial charge in [0.15, 0.2) is 5.96 Å². The zero-order valence-electron chi connectivity index (χ0n) is 18.0. The minimum atomic E-state index is 0.447. The number of benzene rings is 1. The Morgan fingerprint density at radius 2 is 1.93 bits per heavy atom. The summed E-state index contributed by atoms with van der Waals surface area (Å²) in [6.45, 7) is 12.4. The van der Waals surface area contributed by atoms with E-state index in [1.807, 2.05) is 18.2 Å². The standard InChI is InChI=1S/C21H36N4O3/c1-6-22-21(23-14-17-7-8-18(26-4)13-20(17)27-5)24-15-19(16(2)3)25-9-11-28-12-10-25/h7-8,13,16,19H,6,9-12,14-15H2,1-5H3,(H2,22,23,24). The fourth-order valence-electron chi connectivity index (χ4n) is 3.39. The second-order valence-corrected chi connectivity index (χ2v) is 7.21. The Labute approximate surface area is 169 Å². The lowest BCUT2D eigenvalue weighted by molar-refractivity contribution is 0.00752. The fraction of sp³-hybridized carbons (Fsp3) is 0.667. The Bertz CT molecular complexity index is 616. The van der Waals surface area contributed by atoms with Crippen LogP contribution in [0.15, 0.2) is 23.2 Å². The zero-order chi connectivity index (χ0) is 20.4. The van der Waals surface area contributed by atoms with Gasteiger partial charge in [-0.3, -0.25) is 4.90 Å². The summed E-state index contributed by atoms with van der Waals surface area (Å²) in [5.74, 6) is 2.93. The highest BCUT2D eigenvalue weighted by molar-refractivity contribution is 5.79. The molecule has 1 unspecified atom stereocenters. The quantitative estimate of drug-likeness (QED) is 0.496. The first-order valence-corrected chi connectivity index (χ1v) is 10.1. The van der Waals surface area contributed by atoms with Crippen molar-refractivity contribution >= 4 is 5.96 Å². The van der Waals surface area contributed by atoms with Crippen LogP contribution in [-0.4, -0.2) is 70.5 Å². The lowest BCUT2D eigenvalue weighted by Crippen LogP contribution is -2.52. The number of methoxy groups -OCH3 is 2. The number of guanidine groups is 1. The van der Waals surface area contributed by atoms with Crippen LogP contribution in [0.5, 0.6) is 11.5 Å². The van der Waals surface area contributed by atoms with E-state index in [1.54, 1.807) is 14.2 Å². The van der Waals surface area contributed by atoms with Crippen LogP contribution in [-0.2, 0) is 11.3 Å². The number of hydrogen-bond donors (Lipinski definition) is 2. The largest absolute Gasteiger partial charge is 0.497 e. The van der Waals surface area contributed by atoms with Crippen LogP contribution in [0, 0.1) is 5.92 Å². The normalized spacial score (nSPS) is 16.7. The van der Waals surface area contributed by atoms with Gasteiger partial charge in [-0.1, -0.05) is 13.8 Å². The molecule has 28 heavy (non-hydrogen) atoms. The molecule has 158 valence electrons. The van der Waals surface area contributed by atoms with Crippen molar-refractivity contribution in [3.63, 3.8) is 0 Å². The van der Waals surface area contributed by atoms with Crippen LogP contribution in [0.25, 0.3) is 0 Å². The zero-order valence-corrected chi connectivity index (χ0v) is 18.0. The molecule has 1 atom stereocenters. The first-order chi connectivity index (χ1) is 13.6. The molecule has 7 nitrogen and oxygen atoms in total. The van der Waals surface area contributed by atoms with E-state index in [-0.39, 0.29) is 0 Å². The average molecular weight is 393 g/mol. The number of rotatable bonds is 9. The molecule has 0 spiro atoms. The van der Waals surface area contributed by atoms with E-state index >= 15 is 0 Å². The number of nitrogens with zero attached hydrogens (tertiary/aromatic N) is 2. The lowest BCUT2D eigenvalue weighted by atomic mass is 10.0. The van der Waals surface area contributed by atoms with Gasteiger partial charge in [0.25, 0.3) is 0 Å². The van der Waals surface area contributed by atoms with Crippen LogP contribution >= 0.6 is 0 Å². The number of aliphatic imine (C=N–C) groups is 1. The monoisotopic (exact) mass is 392 g/mol. The summed E-state index contributed by atoms with van der Waals surface area (Å²) in [7, 11) is 3.32. The molecular weight excluding hydrogens is 356 g/mol. The second-order valence-electron chi connectivity index (χ2n) is 7.21. The molecular formula is C21H36N4O3. The maximum absolute atomic E-state index is 5.50. The van der Waals surface area contributed by atoms with E-state index in [4.69, 9.17) is 19.2 Å². The second kappa shape index (κ2) is 11.8. The van der Waals surface area contributed by atoms with Gasteiger partial charge in [0.2, 0.25) is 0 Å². The van der Waals surface area contributed by atoms with Crippen molar-refractivity contribution in [2.75, 3.05) is 53.6 Å². The molecule has 1 fully saturated rings. The SMILES string of the molecule is CCNC(=NCc1ccc(OC)cc1OC)NCC(C(C)C)N1CCOCC1. The predicted octanol–water partition coefficient (Wildman–Crippen LogP) is 2.12. The van der Waals surface area contributed by atoms with Gasteiger partial charge in [-0.05, 0) is 25.0 Å². The minimum Gasteiger partial charge on any atom is -0.497 e. The Kier molecular flexibility index (Phi) is 9.37.